The van der Waals surface area contributed by atoms with E-state index in [1.165, 1.54) is 12.1 Å². The highest BCUT2D eigenvalue weighted by molar-refractivity contribution is 14.0. The van der Waals surface area contributed by atoms with Crippen LogP contribution in [0.15, 0.2) is 53.5 Å². The van der Waals surface area contributed by atoms with Crippen molar-refractivity contribution >= 4 is 35.6 Å². The van der Waals surface area contributed by atoms with Gasteiger partial charge in [-0.2, -0.15) is 0 Å². The van der Waals surface area contributed by atoms with Crippen molar-refractivity contribution in [1.29, 1.82) is 0 Å². The first-order valence-corrected chi connectivity index (χ1v) is 9.69. The van der Waals surface area contributed by atoms with Crippen molar-refractivity contribution in [1.82, 2.24) is 10.6 Å². The Kier molecular flexibility index (Phi) is 9.37. The number of para-hydroxylation sites is 1. The first-order valence-electron chi connectivity index (χ1n) is 9.69. The summed E-state index contributed by atoms with van der Waals surface area (Å²) in [4.78, 5) is 6.79. The van der Waals surface area contributed by atoms with Crippen molar-refractivity contribution in [3.8, 4) is 11.5 Å². The maximum atomic E-state index is 5.46. The van der Waals surface area contributed by atoms with E-state index < -0.39 is 0 Å². The highest BCUT2D eigenvalue weighted by Crippen LogP contribution is 2.25. The average molecular weight is 510 g/mol. The van der Waals surface area contributed by atoms with Crippen molar-refractivity contribution in [2.45, 2.75) is 13.0 Å². The zero-order valence-corrected chi connectivity index (χ0v) is 19.7. The van der Waals surface area contributed by atoms with Crippen molar-refractivity contribution in [2.75, 3.05) is 45.8 Å². The van der Waals surface area contributed by atoms with Gasteiger partial charge in [-0.05, 0) is 36.6 Å². The number of anilines is 1. The van der Waals surface area contributed by atoms with Crippen LogP contribution in [-0.2, 0) is 6.54 Å². The van der Waals surface area contributed by atoms with Gasteiger partial charge in [0.05, 0.1) is 14.2 Å². The number of guanidine groups is 1. The zero-order chi connectivity index (χ0) is 19.8. The quantitative estimate of drug-likeness (QED) is 0.339. The first-order chi connectivity index (χ1) is 13.7. The lowest BCUT2D eigenvalue weighted by atomic mass is 10.1. The van der Waals surface area contributed by atoms with Crippen molar-refractivity contribution in [3.63, 3.8) is 0 Å². The number of hydrogen-bond acceptors (Lipinski definition) is 4. The SMILES string of the molecule is CN=C(NCc1ccc(OC)cc1OC)NCC1CCN(c2ccccc2)C1.I. The van der Waals surface area contributed by atoms with Crippen LogP contribution in [0.5, 0.6) is 11.5 Å². The molecule has 0 amide bonds. The predicted molar refractivity (Wildman–Crippen MR) is 130 cm³/mol. The van der Waals surface area contributed by atoms with E-state index >= 15 is 0 Å². The van der Waals surface area contributed by atoms with E-state index in [0.29, 0.717) is 12.5 Å². The van der Waals surface area contributed by atoms with Crippen LogP contribution in [0.3, 0.4) is 0 Å². The molecule has 0 spiro atoms. The second-order valence-electron chi connectivity index (χ2n) is 6.92. The number of hydrogen-bond donors (Lipinski definition) is 2. The highest BCUT2D eigenvalue weighted by atomic mass is 127. The molecular formula is C22H31IN4O2. The molecule has 6 nitrogen and oxygen atoms in total. The third-order valence-electron chi connectivity index (χ3n) is 5.13. The summed E-state index contributed by atoms with van der Waals surface area (Å²) in [7, 11) is 5.12. The minimum absolute atomic E-state index is 0. The number of nitrogens with one attached hydrogen (secondary N) is 2. The number of methoxy groups -OCH3 is 2. The third-order valence-corrected chi connectivity index (χ3v) is 5.13. The maximum absolute atomic E-state index is 5.46. The van der Waals surface area contributed by atoms with E-state index in [0.717, 1.165) is 42.7 Å². The molecule has 158 valence electrons. The smallest absolute Gasteiger partial charge is 0.191 e. The molecule has 7 heteroatoms. The number of rotatable bonds is 7. The van der Waals surface area contributed by atoms with Gasteiger partial charge in [-0.15, -0.1) is 24.0 Å². The molecule has 2 N–H and O–H groups in total. The summed E-state index contributed by atoms with van der Waals surface area (Å²) < 4.78 is 10.7. The molecule has 1 unspecified atom stereocenters. The van der Waals surface area contributed by atoms with Gasteiger partial charge in [-0.3, -0.25) is 4.99 Å². The Balaban J connectivity index is 0.00000300. The van der Waals surface area contributed by atoms with Crippen molar-refractivity contribution in [2.24, 2.45) is 10.9 Å². The normalized spacial score (nSPS) is 16.2. The molecule has 1 aliphatic heterocycles. The lowest BCUT2D eigenvalue weighted by Crippen LogP contribution is -2.40. The summed E-state index contributed by atoms with van der Waals surface area (Å²) >= 11 is 0. The standard InChI is InChI=1S/C22H30N4O2.HI/c1-23-22(25-15-18-9-10-20(27-2)13-21(18)28-3)24-14-17-11-12-26(16-17)19-7-5-4-6-8-19;/h4-10,13,17H,11-12,14-16H2,1-3H3,(H2,23,24,25);1H. The highest BCUT2D eigenvalue weighted by Gasteiger charge is 2.22. The molecule has 29 heavy (non-hydrogen) atoms. The van der Waals surface area contributed by atoms with Crippen LogP contribution in [0.1, 0.15) is 12.0 Å². The topological polar surface area (TPSA) is 58.1 Å². The molecule has 0 aromatic heterocycles. The second-order valence-corrected chi connectivity index (χ2v) is 6.92. The van der Waals surface area contributed by atoms with Gasteiger partial charge >= 0.3 is 0 Å². The van der Waals surface area contributed by atoms with Gasteiger partial charge in [-0.1, -0.05) is 18.2 Å². The van der Waals surface area contributed by atoms with E-state index in [4.69, 9.17) is 9.47 Å². The molecule has 1 fully saturated rings. The molecule has 0 aliphatic carbocycles. The van der Waals surface area contributed by atoms with E-state index in [-0.39, 0.29) is 24.0 Å². The molecule has 0 bridgehead atoms. The molecular weight excluding hydrogens is 479 g/mol. The van der Waals surface area contributed by atoms with Gasteiger partial charge in [0, 0.05) is 50.5 Å². The van der Waals surface area contributed by atoms with Gasteiger partial charge in [-0.25, -0.2) is 0 Å². The van der Waals surface area contributed by atoms with E-state index in [1.807, 2.05) is 18.2 Å². The van der Waals surface area contributed by atoms with Crippen LogP contribution >= 0.6 is 24.0 Å². The summed E-state index contributed by atoms with van der Waals surface area (Å²) in [6.07, 6.45) is 1.19. The fourth-order valence-corrected chi connectivity index (χ4v) is 3.51. The third kappa shape index (κ3) is 6.42. The number of benzene rings is 2. The summed E-state index contributed by atoms with van der Waals surface area (Å²) in [5, 5.41) is 6.83. The van der Waals surface area contributed by atoms with E-state index in [9.17, 15) is 0 Å². The minimum Gasteiger partial charge on any atom is -0.497 e. The van der Waals surface area contributed by atoms with Crippen LogP contribution in [-0.4, -0.2) is 46.9 Å². The second kappa shape index (κ2) is 11.7. The van der Waals surface area contributed by atoms with Gasteiger partial charge in [0.1, 0.15) is 11.5 Å². The Hall–Kier alpha value is -2.16. The van der Waals surface area contributed by atoms with E-state index in [2.05, 4.69) is 50.9 Å². The molecule has 1 saturated heterocycles. The van der Waals surface area contributed by atoms with Crippen LogP contribution in [0.2, 0.25) is 0 Å². The fourth-order valence-electron chi connectivity index (χ4n) is 3.51. The number of nitrogens with zero attached hydrogens (tertiary/aromatic N) is 2. The molecule has 3 rings (SSSR count). The summed E-state index contributed by atoms with van der Waals surface area (Å²) in [5.74, 6) is 2.99. The average Bonchev–Trinajstić information content (AvgIpc) is 3.23. The Bertz CT molecular complexity index is 786. The van der Waals surface area contributed by atoms with Gasteiger partial charge in [0.25, 0.3) is 0 Å². The lowest BCUT2D eigenvalue weighted by Gasteiger charge is -2.19. The molecule has 2 aromatic rings. The zero-order valence-electron chi connectivity index (χ0n) is 17.4. The predicted octanol–water partition coefficient (Wildman–Crippen LogP) is 3.51. The van der Waals surface area contributed by atoms with Gasteiger partial charge in [0.15, 0.2) is 5.96 Å². The number of ether oxygens (including phenoxy) is 2. The van der Waals surface area contributed by atoms with Gasteiger partial charge < -0.3 is 25.0 Å². The minimum atomic E-state index is 0. The van der Waals surface area contributed by atoms with Crippen molar-refractivity contribution in [3.05, 3.63) is 54.1 Å². The lowest BCUT2D eigenvalue weighted by molar-refractivity contribution is 0.390. The van der Waals surface area contributed by atoms with Gasteiger partial charge in [0.2, 0.25) is 0 Å². The summed E-state index contributed by atoms with van der Waals surface area (Å²) in [6, 6.07) is 16.5. The molecule has 1 aliphatic rings. The molecule has 2 aromatic carbocycles. The molecule has 1 atom stereocenters. The Morgan fingerprint density at radius 3 is 2.59 bits per heavy atom. The maximum Gasteiger partial charge on any atom is 0.191 e. The fraction of sp³-hybridized carbons (Fsp3) is 0.409. The Labute approximate surface area is 190 Å². The van der Waals surface area contributed by atoms with Crippen LogP contribution in [0.25, 0.3) is 0 Å². The first kappa shape index (κ1) is 23.1. The molecule has 1 heterocycles. The van der Waals surface area contributed by atoms with Crippen LogP contribution < -0.4 is 25.0 Å². The Morgan fingerprint density at radius 1 is 1.10 bits per heavy atom. The van der Waals surface area contributed by atoms with Crippen LogP contribution in [0.4, 0.5) is 5.69 Å². The number of aliphatic imine (C=N–C) groups is 1. The van der Waals surface area contributed by atoms with Crippen LogP contribution in [0, 0.1) is 5.92 Å². The summed E-state index contributed by atoms with van der Waals surface area (Å²) in [5.41, 5.74) is 2.36. The Morgan fingerprint density at radius 2 is 1.90 bits per heavy atom. The van der Waals surface area contributed by atoms with E-state index in [1.54, 1.807) is 21.3 Å². The molecule has 0 radical (unpaired) electrons. The summed E-state index contributed by atoms with van der Waals surface area (Å²) in [6.45, 7) is 3.71. The van der Waals surface area contributed by atoms with Crippen molar-refractivity contribution < 1.29 is 9.47 Å². The largest absolute Gasteiger partial charge is 0.497 e. The monoisotopic (exact) mass is 510 g/mol. The molecule has 0 saturated carbocycles. The number of halogens is 1.